The molecule has 0 aliphatic rings. The summed E-state index contributed by atoms with van der Waals surface area (Å²) >= 11 is 1.51. The fraction of sp³-hybridized carbons (Fsp3) is 0.154. The highest BCUT2D eigenvalue weighted by atomic mass is 32.1. The Hall–Kier alpha value is -1.41. The van der Waals surface area contributed by atoms with Crippen molar-refractivity contribution in [3.05, 3.63) is 57.3 Å². The number of benzene rings is 1. The van der Waals surface area contributed by atoms with Crippen LogP contribution in [0.3, 0.4) is 0 Å². The number of carbonyl (C=O) groups excluding carboxylic acids is 1. The number of rotatable bonds is 2. The molecule has 1 aromatic carbocycles. The van der Waals surface area contributed by atoms with Gasteiger partial charge in [-0.05, 0) is 36.4 Å². The van der Waals surface area contributed by atoms with Crippen molar-refractivity contribution in [1.29, 1.82) is 0 Å². The number of carbonyl (C=O) groups is 1. The zero-order chi connectivity index (χ0) is 10.8. The quantitative estimate of drug-likeness (QED) is 0.701. The van der Waals surface area contributed by atoms with E-state index in [4.69, 9.17) is 0 Å². The molecule has 0 bridgehead atoms. The van der Waals surface area contributed by atoms with E-state index in [1.54, 1.807) is 0 Å². The third-order valence-corrected chi connectivity index (χ3v) is 3.47. The van der Waals surface area contributed by atoms with Crippen LogP contribution in [0, 0.1) is 13.8 Å². The summed E-state index contributed by atoms with van der Waals surface area (Å²) in [6.45, 7) is 3.94. The average molecular weight is 216 g/mol. The molecule has 0 fully saturated rings. The third-order valence-electron chi connectivity index (χ3n) is 2.46. The molecule has 76 valence electrons. The van der Waals surface area contributed by atoms with Crippen molar-refractivity contribution in [2.75, 3.05) is 0 Å². The van der Waals surface area contributed by atoms with Gasteiger partial charge in [-0.1, -0.05) is 24.3 Å². The molecule has 0 atom stereocenters. The second kappa shape index (κ2) is 3.99. The van der Waals surface area contributed by atoms with E-state index in [2.05, 4.69) is 0 Å². The van der Waals surface area contributed by atoms with E-state index >= 15 is 0 Å². The van der Waals surface area contributed by atoms with Gasteiger partial charge in [0, 0.05) is 5.56 Å². The molecule has 0 amide bonds. The van der Waals surface area contributed by atoms with Crippen LogP contribution >= 0.6 is 11.3 Å². The zero-order valence-electron chi connectivity index (χ0n) is 8.78. The van der Waals surface area contributed by atoms with E-state index in [1.807, 2.05) is 49.6 Å². The van der Waals surface area contributed by atoms with Gasteiger partial charge in [0.05, 0.1) is 4.88 Å². The van der Waals surface area contributed by atoms with Crippen LogP contribution in [-0.4, -0.2) is 5.78 Å². The summed E-state index contributed by atoms with van der Waals surface area (Å²) in [6.07, 6.45) is 0. The Balaban J connectivity index is 2.46. The first-order valence-corrected chi connectivity index (χ1v) is 5.72. The highest BCUT2D eigenvalue weighted by Crippen LogP contribution is 2.21. The number of hydrogen-bond donors (Lipinski definition) is 0. The molecule has 2 heteroatoms. The van der Waals surface area contributed by atoms with Crippen molar-refractivity contribution in [1.82, 2.24) is 0 Å². The molecular weight excluding hydrogens is 204 g/mol. The number of hydrogen-bond acceptors (Lipinski definition) is 2. The monoisotopic (exact) mass is 216 g/mol. The van der Waals surface area contributed by atoms with Crippen molar-refractivity contribution in [2.24, 2.45) is 0 Å². The summed E-state index contributed by atoms with van der Waals surface area (Å²) in [4.78, 5) is 13.0. The molecule has 2 rings (SSSR count). The van der Waals surface area contributed by atoms with E-state index in [1.165, 1.54) is 11.3 Å². The average Bonchev–Trinajstić information content (AvgIpc) is 2.64. The largest absolute Gasteiger partial charge is 0.288 e. The molecule has 1 heterocycles. The molecule has 0 unspecified atom stereocenters. The lowest BCUT2D eigenvalue weighted by Crippen LogP contribution is -2.02. The Kier molecular flexibility index (Phi) is 2.69. The van der Waals surface area contributed by atoms with Crippen LogP contribution in [0.4, 0.5) is 0 Å². The maximum atomic E-state index is 12.2. The molecule has 1 nitrogen and oxygen atoms in total. The predicted molar refractivity (Wildman–Crippen MR) is 63.7 cm³/mol. The SMILES string of the molecule is Cc1ccccc1C(=O)c1sccc1C. The van der Waals surface area contributed by atoms with Gasteiger partial charge in [0.2, 0.25) is 5.78 Å². The number of aryl methyl sites for hydroxylation is 2. The minimum absolute atomic E-state index is 0.139. The summed E-state index contributed by atoms with van der Waals surface area (Å²) < 4.78 is 0. The molecule has 15 heavy (non-hydrogen) atoms. The molecule has 0 saturated heterocycles. The maximum Gasteiger partial charge on any atom is 0.203 e. The van der Waals surface area contributed by atoms with Gasteiger partial charge in [-0.25, -0.2) is 0 Å². The van der Waals surface area contributed by atoms with Gasteiger partial charge >= 0.3 is 0 Å². The normalized spacial score (nSPS) is 10.3. The zero-order valence-corrected chi connectivity index (χ0v) is 9.60. The minimum atomic E-state index is 0.139. The van der Waals surface area contributed by atoms with Gasteiger partial charge in [0.25, 0.3) is 0 Å². The number of ketones is 1. The van der Waals surface area contributed by atoms with E-state index < -0.39 is 0 Å². The fourth-order valence-corrected chi connectivity index (χ4v) is 2.43. The summed E-state index contributed by atoms with van der Waals surface area (Å²) in [6, 6.07) is 9.69. The van der Waals surface area contributed by atoms with Crippen molar-refractivity contribution in [2.45, 2.75) is 13.8 Å². The molecular formula is C13H12OS. The summed E-state index contributed by atoms with van der Waals surface area (Å²) in [5.74, 6) is 0.139. The van der Waals surface area contributed by atoms with Crippen LogP contribution in [0.25, 0.3) is 0 Å². The lowest BCUT2D eigenvalue weighted by atomic mass is 10.0. The van der Waals surface area contributed by atoms with Crippen molar-refractivity contribution < 1.29 is 4.79 Å². The second-order valence-electron chi connectivity index (χ2n) is 3.58. The van der Waals surface area contributed by atoms with Crippen LogP contribution in [0.2, 0.25) is 0 Å². The Labute approximate surface area is 93.4 Å². The molecule has 0 aliphatic carbocycles. The first kappa shape index (κ1) is 10.1. The fourth-order valence-electron chi connectivity index (χ4n) is 1.56. The topological polar surface area (TPSA) is 17.1 Å². The van der Waals surface area contributed by atoms with Crippen LogP contribution in [-0.2, 0) is 0 Å². The highest BCUT2D eigenvalue weighted by molar-refractivity contribution is 7.12. The Bertz CT molecular complexity index is 497. The second-order valence-corrected chi connectivity index (χ2v) is 4.49. The highest BCUT2D eigenvalue weighted by Gasteiger charge is 2.14. The van der Waals surface area contributed by atoms with E-state index in [0.29, 0.717) is 0 Å². The van der Waals surface area contributed by atoms with Crippen LogP contribution < -0.4 is 0 Å². The van der Waals surface area contributed by atoms with Crippen LogP contribution in [0.5, 0.6) is 0 Å². The Morgan fingerprint density at radius 2 is 1.80 bits per heavy atom. The molecule has 0 saturated carbocycles. The van der Waals surface area contributed by atoms with Crippen molar-refractivity contribution in [3.63, 3.8) is 0 Å². The maximum absolute atomic E-state index is 12.2. The smallest absolute Gasteiger partial charge is 0.203 e. The van der Waals surface area contributed by atoms with E-state index in [9.17, 15) is 4.79 Å². The van der Waals surface area contributed by atoms with E-state index in [-0.39, 0.29) is 5.78 Å². The lowest BCUT2D eigenvalue weighted by Gasteiger charge is -2.03. The molecule has 0 N–H and O–H groups in total. The molecule has 0 aliphatic heterocycles. The van der Waals surface area contributed by atoms with Crippen LogP contribution in [0.1, 0.15) is 26.4 Å². The predicted octanol–water partition coefficient (Wildman–Crippen LogP) is 3.60. The Morgan fingerprint density at radius 3 is 2.40 bits per heavy atom. The van der Waals surface area contributed by atoms with Gasteiger partial charge in [-0.15, -0.1) is 11.3 Å². The lowest BCUT2D eigenvalue weighted by molar-refractivity contribution is 0.104. The third kappa shape index (κ3) is 1.85. The van der Waals surface area contributed by atoms with Gasteiger partial charge in [-0.3, -0.25) is 4.79 Å². The van der Waals surface area contributed by atoms with Gasteiger partial charge < -0.3 is 0 Å². The minimum Gasteiger partial charge on any atom is -0.288 e. The molecule has 1 aromatic heterocycles. The molecule has 0 spiro atoms. The molecule has 0 radical (unpaired) electrons. The first-order chi connectivity index (χ1) is 7.20. The summed E-state index contributed by atoms with van der Waals surface area (Å²) in [5, 5.41) is 1.96. The van der Waals surface area contributed by atoms with Crippen LogP contribution in [0.15, 0.2) is 35.7 Å². The Morgan fingerprint density at radius 1 is 1.07 bits per heavy atom. The van der Waals surface area contributed by atoms with Gasteiger partial charge in [-0.2, -0.15) is 0 Å². The standard InChI is InChI=1S/C13H12OS/c1-9-5-3-4-6-11(9)12(14)13-10(2)7-8-15-13/h3-8H,1-2H3. The van der Waals surface area contributed by atoms with Crippen molar-refractivity contribution in [3.8, 4) is 0 Å². The number of thiophene rings is 1. The summed E-state index contributed by atoms with van der Waals surface area (Å²) in [5.41, 5.74) is 2.91. The van der Waals surface area contributed by atoms with Crippen molar-refractivity contribution >= 4 is 17.1 Å². The van der Waals surface area contributed by atoms with E-state index in [0.717, 1.165) is 21.6 Å². The van der Waals surface area contributed by atoms with Gasteiger partial charge in [0.15, 0.2) is 0 Å². The summed E-state index contributed by atoms with van der Waals surface area (Å²) in [7, 11) is 0. The van der Waals surface area contributed by atoms with Gasteiger partial charge in [0.1, 0.15) is 0 Å². The first-order valence-electron chi connectivity index (χ1n) is 4.84. The molecule has 2 aromatic rings.